The van der Waals surface area contributed by atoms with E-state index in [0.29, 0.717) is 5.92 Å². The van der Waals surface area contributed by atoms with Crippen LogP contribution in [-0.2, 0) is 19.9 Å². The number of fused-ring (bicyclic) bond motifs is 3. The van der Waals surface area contributed by atoms with Crippen LogP contribution < -0.4 is 4.57 Å². The van der Waals surface area contributed by atoms with Gasteiger partial charge in [-0.1, -0.05) is 44.2 Å². The molecule has 0 saturated heterocycles. The Bertz CT molecular complexity index is 1040. The van der Waals surface area contributed by atoms with Gasteiger partial charge in [-0.2, -0.15) is 0 Å². The minimum Gasteiger partial charge on any atom is -0.201 e. The second-order valence-electron chi connectivity index (χ2n) is 8.69. The average Bonchev–Trinajstić information content (AvgIpc) is 2.95. The number of hydrogen-bond donors (Lipinski definition) is 0. The topological polar surface area (TPSA) is 3.88 Å². The molecule has 0 aliphatic heterocycles. The fraction of sp³-hybridized carbons (Fsp3) is 0.346. The van der Waals surface area contributed by atoms with Crippen molar-refractivity contribution < 1.29 is 4.57 Å². The standard InChI is InChI=1S/C26H30N/c1-16(2)11-20-8-10-22-21(13-20)14-24-23(22)9-7-17(3)26(24)25-12-18(4)19(5)15-27(25)6/h7-10,12-13,15-16H,11,14H2,1-6H3/q+1. The van der Waals surface area contributed by atoms with Gasteiger partial charge in [-0.3, -0.25) is 0 Å². The second-order valence-corrected chi connectivity index (χ2v) is 8.69. The molecule has 0 radical (unpaired) electrons. The molecule has 0 spiro atoms. The average molecular weight is 357 g/mol. The summed E-state index contributed by atoms with van der Waals surface area (Å²) in [6.45, 7) is 11.2. The predicted octanol–water partition coefficient (Wildman–Crippen LogP) is 5.87. The molecule has 0 unspecified atom stereocenters. The van der Waals surface area contributed by atoms with Crippen molar-refractivity contribution in [3.8, 4) is 22.4 Å². The number of aromatic nitrogens is 1. The summed E-state index contributed by atoms with van der Waals surface area (Å²) in [6, 6.07) is 14.1. The zero-order chi connectivity index (χ0) is 19.3. The number of pyridine rings is 1. The summed E-state index contributed by atoms with van der Waals surface area (Å²) < 4.78 is 2.29. The Morgan fingerprint density at radius 1 is 0.889 bits per heavy atom. The molecule has 27 heavy (non-hydrogen) atoms. The number of nitrogens with zero attached hydrogens (tertiary/aromatic N) is 1. The van der Waals surface area contributed by atoms with Gasteiger partial charge in [-0.05, 0) is 78.5 Å². The monoisotopic (exact) mass is 356 g/mol. The molecule has 0 bridgehead atoms. The van der Waals surface area contributed by atoms with Gasteiger partial charge in [-0.25, -0.2) is 4.57 Å². The first-order valence-electron chi connectivity index (χ1n) is 10.1. The zero-order valence-corrected chi connectivity index (χ0v) is 17.5. The first kappa shape index (κ1) is 18.0. The van der Waals surface area contributed by atoms with Crippen LogP contribution in [0.5, 0.6) is 0 Å². The van der Waals surface area contributed by atoms with Crippen LogP contribution in [0.25, 0.3) is 22.4 Å². The molecular weight excluding hydrogens is 326 g/mol. The maximum Gasteiger partial charge on any atom is 0.213 e. The van der Waals surface area contributed by atoms with Crippen LogP contribution in [0.1, 0.15) is 47.2 Å². The molecule has 1 heteroatoms. The van der Waals surface area contributed by atoms with Crippen molar-refractivity contribution in [2.45, 2.75) is 47.5 Å². The van der Waals surface area contributed by atoms with Gasteiger partial charge >= 0.3 is 0 Å². The Hall–Kier alpha value is -2.41. The minimum atomic E-state index is 0.694. The van der Waals surface area contributed by atoms with Crippen molar-refractivity contribution in [2.75, 3.05) is 0 Å². The molecular formula is C26H30N+. The third-order valence-electron chi connectivity index (χ3n) is 5.99. The summed E-state index contributed by atoms with van der Waals surface area (Å²) in [5, 5.41) is 0. The van der Waals surface area contributed by atoms with Crippen LogP contribution in [-0.4, -0.2) is 0 Å². The van der Waals surface area contributed by atoms with E-state index in [-0.39, 0.29) is 0 Å². The van der Waals surface area contributed by atoms with E-state index in [9.17, 15) is 0 Å². The summed E-state index contributed by atoms with van der Waals surface area (Å²) in [7, 11) is 2.17. The van der Waals surface area contributed by atoms with Crippen molar-refractivity contribution in [2.24, 2.45) is 13.0 Å². The first-order valence-corrected chi connectivity index (χ1v) is 10.1. The normalized spacial score (nSPS) is 12.4. The van der Waals surface area contributed by atoms with Crippen LogP contribution in [0.2, 0.25) is 0 Å². The predicted molar refractivity (Wildman–Crippen MR) is 114 cm³/mol. The molecule has 1 nitrogen and oxygen atoms in total. The summed E-state index contributed by atoms with van der Waals surface area (Å²) in [4.78, 5) is 0. The Morgan fingerprint density at radius 2 is 1.63 bits per heavy atom. The molecule has 0 amide bonds. The van der Waals surface area contributed by atoms with Gasteiger partial charge in [0.15, 0.2) is 6.20 Å². The first-order chi connectivity index (χ1) is 12.8. The van der Waals surface area contributed by atoms with Crippen molar-refractivity contribution >= 4 is 0 Å². The van der Waals surface area contributed by atoms with Gasteiger partial charge in [0.1, 0.15) is 7.05 Å². The summed E-state index contributed by atoms with van der Waals surface area (Å²) in [5.41, 5.74) is 14.1. The second kappa shape index (κ2) is 6.64. The molecule has 0 fully saturated rings. The molecule has 2 aromatic carbocycles. The van der Waals surface area contributed by atoms with E-state index < -0.39 is 0 Å². The third kappa shape index (κ3) is 3.10. The molecule has 1 heterocycles. The van der Waals surface area contributed by atoms with Crippen molar-refractivity contribution in [3.63, 3.8) is 0 Å². The van der Waals surface area contributed by atoms with Gasteiger partial charge < -0.3 is 0 Å². The molecule has 1 aromatic heterocycles. The van der Waals surface area contributed by atoms with Gasteiger partial charge in [0.2, 0.25) is 5.69 Å². The minimum absolute atomic E-state index is 0.694. The highest BCUT2D eigenvalue weighted by Crippen LogP contribution is 2.43. The van der Waals surface area contributed by atoms with E-state index in [2.05, 4.69) is 88.8 Å². The van der Waals surface area contributed by atoms with E-state index in [4.69, 9.17) is 0 Å². The Balaban J connectivity index is 1.87. The lowest BCUT2D eigenvalue weighted by Gasteiger charge is -2.12. The highest BCUT2D eigenvalue weighted by Gasteiger charge is 2.26. The molecule has 0 saturated carbocycles. The highest BCUT2D eigenvalue weighted by molar-refractivity contribution is 5.85. The lowest BCUT2D eigenvalue weighted by atomic mass is 9.93. The number of rotatable bonds is 3. The van der Waals surface area contributed by atoms with Gasteiger partial charge in [0.25, 0.3) is 0 Å². The van der Waals surface area contributed by atoms with E-state index >= 15 is 0 Å². The maximum atomic E-state index is 2.44. The van der Waals surface area contributed by atoms with Crippen LogP contribution in [0.4, 0.5) is 0 Å². The van der Waals surface area contributed by atoms with E-state index in [1.165, 1.54) is 55.8 Å². The Labute approximate surface area is 163 Å². The van der Waals surface area contributed by atoms with Crippen LogP contribution in [0, 0.1) is 26.7 Å². The quantitative estimate of drug-likeness (QED) is 0.404. The van der Waals surface area contributed by atoms with E-state index in [1.807, 2.05) is 0 Å². The summed E-state index contributed by atoms with van der Waals surface area (Å²) in [5.74, 6) is 0.694. The van der Waals surface area contributed by atoms with Crippen LogP contribution in [0.15, 0.2) is 42.6 Å². The molecule has 3 aromatic rings. The maximum absolute atomic E-state index is 2.44. The Kier molecular flexibility index (Phi) is 4.42. The smallest absolute Gasteiger partial charge is 0.201 e. The molecule has 1 aliphatic carbocycles. The number of aryl methyl sites for hydroxylation is 4. The van der Waals surface area contributed by atoms with Gasteiger partial charge in [-0.15, -0.1) is 0 Å². The summed E-state index contributed by atoms with van der Waals surface area (Å²) >= 11 is 0. The number of benzene rings is 2. The van der Waals surface area contributed by atoms with Crippen molar-refractivity contribution in [1.82, 2.24) is 0 Å². The fourth-order valence-electron chi connectivity index (χ4n) is 4.53. The Morgan fingerprint density at radius 3 is 2.37 bits per heavy atom. The SMILES string of the molecule is Cc1cc(-c2c(C)ccc3c2Cc2cc(CC(C)C)ccc2-3)[n+](C)cc1C. The lowest BCUT2D eigenvalue weighted by molar-refractivity contribution is -0.660. The van der Waals surface area contributed by atoms with Crippen molar-refractivity contribution in [3.05, 3.63) is 76.0 Å². The molecule has 138 valence electrons. The number of hydrogen-bond acceptors (Lipinski definition) is 0. The molecule has 0 N–H and O–H groups in total. The zero-order valence-electron chi connectivity index (χ0n) is 17.5. The molecule has 1 aliphatic rings. The van der Waals surface area contributed by atoms with Gasteiger partial charge in [0.05, 0.1) is 5.56 Å². The third-order valence-corrected chi connectivity index (χ3v) is 5.99. The van der Waals surface area contributed by atoms with Crippen LogP contribution >= 0.6 is 0 Å². The van der Waals surface area contributed by atoms with Gasteiger partial charge in [0, 0.05) is 11.6 Å². The van der Waals surface area contributed by atoms with Crippen molar-refractivity contribution in [1.29, 1.82) is 0 Å². The molecule has 4 rings (SSSR count). The van der Waals surface area contributed by atoms with Crippen LogP contribution in [0.3, 0.4) is 0 Å². The lowest BCUT2D eigenvalue weighted by Crippen LogP contribution is -2.32. The summed E-state index contributed by atoms with van der Waals surface area (Å²) in [6.07, 6.45) is 4.45. The fourth-order valence-corrected chi connectivity index (χ4v) is 4.53. The van der Waals surface area contributed by atoms with E-state index in [0.717, 1.165) is 12.8 Å². The van der Waals surface area contributed by atoms with E-state index in [1.54, 1.807) is 0 Å². The highest BCUT2D eigenvalue weighted by atomic mass is 14.9. The molecule has 0 atom stereocenters. The largest absolute Gasteiger partial charge is 0.213 e.